The van der Waals surface area contributed by atoms with Gasteiger partial charge in [-0.2, -0.15) is 0 Å². The van der Waals surface area contributed by atoms with Gasteiger partial charge in [-0.15, -0.1) is 12.4 Å². The third-order valence-corrected chi connectivity index (χ3v) is 3.24. The molecule has 0 saturated carbocycles. The third-order valence-electron chi connectivity index (χ3n) is 3.24. The predicted octanol–water partition coefficient (Wildman–Crippen LogP) is 0.594. The van der Waals surface area contributed by atoms with E-state index < -0.39 is 0 Å². The van der Waals surface area contributed by atoms with Gasteiger partial charge < -0.3 is 20.5 Å². The number of halogens is 1. The Morgan fingerprint density at radius 1 is 1.50 bits per heavy atom. The van der Waals surface area contributed by atoms with E-state index in [0.717, 1.165) is 11.1 Å². The second-order valence-electron chi connectivity index (χ2n) is 4.70. The number of carbonyl (C=O) groups excluding carboxylic acids is 1. The molecule has 0 radical (unpaired) electrons. The van der Waals surface area contributed by atoms with Crippen LogP contribution in [0.15, 0.2) is 24.3 Å². The molecule has 2 atom stereocenters. The molecule has 1 aromatic carbocycles. The lowest BCUT2D eigenvalue weighted by Gasteiger charge is -2.29. The Balaban J connectivity index is 0.00000200. The lowest BCUT2D eigenvalue weighted by atomic mass is 10.1. The van der Waals surface area contributed by atoms with Crippen molar-refractivity contribution in [1.29, 1.82) is 0 Å². The molecule has 1 aromatic rings. The van der Waals surface area contributed by atoms with E-state index in [-0.39, 0.29) is 37.1 Å². The summed E-state index contributed by atoms with van der Waals surface area (Å²) >= 11 is 0. The first-order chi connectivity index (χ1) is 9.20. The van der Waals surface area contributed by atoms with Crippen molar-refractivity contribution in [3.8, 4) is 0 Å². The molecule has 1 amide bonds. The average Bonchev–Trinajstić information content (AvgIpc) is 2.45. The van der Waals surface area contributed by atoms with Gasteiger partial charge in [0.25, 0.3) is 0 Å². The number of carbonyl (C=O) groups is 1. The van der Waals surface area contributed by atoms with Crippen molar-refractivity contribution in [2.24, 2.45) is 0 Å². The standard InChI is InChI=1S/C14H20N2O3.ClH/c1-10-13(15-5-6-19-10)14(18)16-8-11-3-2-4-12(7-11)9-17;/h2-4,7,10,13,15,17H,5-6,8-9H2,1H3,(H,16,18);1H/t10-,13+;/m1./s1. The quantitative estimate of drug-likeness (QED) is 0.761. The lowest BCUT2D eigenvalue weighted by molar-refractivity contribution is -0.129. The summed E-state index contributed by atoms with van der Waals surface area (Å²) in [6, 6.07) is 7.23. The number of amides is 1. The van der Waals surface area contributed by atoms with Crippen LogP contribution < -0.4 is 10.6 Å². The van der Waals surface area contributed by atoms with Gasteiger partial charge in [-0.05, 0) is 18.1 Å². The first-order valence-electron chi connectivity index (χ1n) is 6.52. The molecule has 0 bridgehead atoms. The Morgan fingerprint density at radius 3 is 2.95 bits per heavy atom. The van der Waals surface area contributed by atoms with Gasteiger partial charge >= 0.3 is 0 Å². The molecule has 20 heavy (non-hydrogen) atoms. The monoisotopic (exact) mass is 300 g/mol. The first-order valence-corrected chi connectivity index (χ1v) is 6.52. The van der Waals surface area contributed by atoms with Crippen molar-refractivity contribution >= 4 is 18.3 Å². The number of rotatable bonds is 4. The highest BCUT2D eigenvalue weighted by Gasteiger charge is 2.27. The van der Waals surface area contributed by atoms with Crippen molar-refractivity contribution < 1.29 is 14.6 Å². The molecule has 0 aromatic heterocycles. The van der Waals surface area contributed by atoms with Crippen LogP contribution in [0.1, 0.15) is 18.1 Å². The smallest absolute Gasteiger partial charge is 0.240 e. The summed E-state index contributed by atoms with van der Waals surface area (Å²) in [5.74, 6) is -0.0541. The highest BCUT2D eigenvalue weighted by Crippen LogP contribution is 2.07. The summed E-state index contributed by atoms with van der Waals surface area (Å²) in [6.07, 6.45) is -0.113. The van der Waals surface area contributed by atoms with Gasteiger partial charge in [0.1, 0.15) is 6.04 Å². The SMILES string of the molecule is C[C@H]1OCCN[C@@H]1C(=O)NCc1cccc(CO)c1.Cl. The van der Waals surface area contributed by atoms with E-state index in [0.29, 0.717) is 19.7 Å². The van der Waals surface area contributed by atoms with Crippen LogP contribution in [-0.4, -0.2) is 36.3 Å². The molecule has 1 aliphatic heterocycles. The molecule has 112 valence electrons. The van der Waals surface area contributed by atoms with E-state index in [2.05, 4.69) is 10.6 Å². The van der Waals surface area contributed by atoms with Crippen LogP contribution in [-0.2, 0) is 22.7 Å². The molecule has 6 heteroatoms. The normalized spacial score (nSPS) is 21.9. The van der Waals surface area contributed by atoms with Gasteiger partial charge in [-0.25, -0.2) is 0 Å². The molecule has 1 saturated heterocycles. The Bertz CT molecular complexity index is 442. The van der Waals surface area contributed by atoms with Crippen LogP contribution in [0.4, 0.5) is 0 Å². The van der Waals surface area contributed by atoms with E-state index in [4.69, 9.17) is 9.84 Å². The van der Waals surface area contributed by atoms with Gasteiger partial charge in [0.15, 0.2) is 0 Å². The second-order valence-corrected chi connectivity index (χ2v) is 4.70. The summed E-state index contributed by atoms with van der Waals surface area (Å²) in [6.45, 7) is 3.70. The van der Waals surface area contributed by atoms with Crippen LogP contribution in [0.5, 0.6) is 0 Å². The fraction of sp³-hybridized carbons (Fsp3) is 0.500. The maximum absolute atomic E-state index is 12.0. The zero-order chi connectivity index (χ0) is 13.7. The van der Waals surface area contributed by atoms with E-state index in [1.807, 2.05) is 31.2 Å². The van der Waals surface area contributed by atoms with Crippen LogP contribution in [0, 0.1) is 0 Å². The molecular formula is C14H21ClN2O3. The lowest BCUT2D eigenvalue weighted by Crippen LogP contribution is -2.55. The largest absolute Gasteiger partial charge is 0.392 e. The Labute approximate surface area is 125 Å². The summed E-state index contributed by atoms with van der Waals surface area (Å²) in [4.78, 5) is 12.0. The molecule has 0 unspecified atom stereocenters. The number of aliphatic hydroxyl groups excluding tert-OH is 1. The minimum absolute atomic E-state index is 0. The Kier molecular flexibility index (Phi) is 6.95. The molecular weight excluding hydrogens is 280 g/mol. The number of ether oxygens (including phenoxy) is 1. The zero-order valence-corrected chi connectivity index (χ0v) is 12.3. The molecule has 1 heterocycles. The number of nitrogens with one attached hydrogen (secondary N) is 2. The molecule has 3 N–H and O–H groups in total. The van der Waals surface area contributed by atoms with Crippen LogP contribution in [0.2, 0.25) is 0 Å². The van der Waals surface area contributed by atoms with Crippen LogP contribution >= 0.6 is 12.4 Å². The first kappa shape index (κ1) is 16.9. The summed E-state index contributed by atoms with van der Waals surface area (Å²) in [5, 5.41) is 15.1. The van der Waals surface area contributed by atoms with Gasteiger partial charge in [0.05, 0.1) is 19.3 Å². The van der Waals surface area contributed by atoms with Crippen molar-refractivity contribution in [3.63, 3.8) is 0 Å². The van der Waals surface area contributed by atoms with Crippen LogP contribution in [0.25, 0.3) is 0 Å². The third kappa shape index (κ3) is 4.45. The van der Waals surface area contributed by atoms with E-state index in [9.17, 15) is 4.79 Å². The van der Waals surface area contributed by atoms with E-state index in [1.165, 1.54) is 0 Å². The molecule has 5 nitrogen and oxygen atoms in total. The molecule has 0 spiro atoms. The van der Waals surface area contributed by atoms with Crippen molar-refractivity contribution in [1.82, 2.24) is 10.6 Å². The maximum Gasteiger partial charge on any atom is 0.240 e. The Hall–Kier alpha value is -1.14. The minimum Gasteiger partial charge on any atom is -0.392 e. The molecule has 1 aliphatic rings. The van der Waals surface area contributed by atoms with E-state index >= 15 is 0 Å². The number of benzene rings is 1. The van der Waals surface area contributed by atoms with Gasteiger partial charge in [0, 0.05) is 13.1 Å². The van der Waals surface area contributed by atoms with Crippen molar-refractivity contribution in [2.45, 2.75) is 32.2 Å². The Morgan fingerprint density at radius 2 is 2.25 bits per heavy atom. The number of hydrogen-bond acceptors (Lipinski definition) is 4. The zero-order valence-electron chi connectivity index (χ0n) is 11.5. The molecule has 1 fully saturated rings. The number of hydrogen-bond donors (Lipinski definition) is 3. The predicted molar refractivity (Wildman–Crippen MR) is 78.7 cm³/mol. The fourth-order valence-corrected chi connectivity index (χ4v) is 2.16. The second kappa shape index (κ2) is 8.21. The maximum atomic E-state index is 12.0. The van der Waals surface area contributed by atoms with Crippen molar-refractivity contribution in [2.75, 3.05) is 13.2 Å². The highest BCUT2D eigenvalue weighted by atomic mass is 35.5. The highest BCUT2D eigenvalue weighted by molar-refractivity contribution is 5.85. The molecule has 2 rings (SSSR count). The van der Waals surface area contributed by atoms with Gasteiger partial charge in [0.2, 0.25) is 5.91 Å². The van der Waals surface area contributed by atoms with E-state index in [1.54, 1.807) is 0 Å². The molecule has 0 aliphatic carbocycles. The summed E-state index contributed by atoms with van der Waals surface area (Å²) in [5.41, 5.74) is 1.82. The van der Waals surface area contributed by atoms with Crippen molar-refractivity contribution in [3.05, 3.63) is 35.4 Å². The number of aliphatic hydroxyl groups is 1. The summed E-state index contributed by atoms with van der Waals surface area (Å²) < 4.78 is 5.44. The van der Waals surface area contributed by atoms with Gasteiger partial charge in [-0.3, -0.25) is 4.79 Å². The van der Waals surface area contributed by atoms with Crippen LogP contribution in [0.3, 0.4) is 0 Å². The number of morpholine rings is 1. The minimum atomic E-state index is -0.297. The summed E-state index contributed by atoms with van der Waals surface area (Å²) in [7, 11) is 0. The fourth-order valence-electron chi connectivity index (χ4n) is 2.16. The van der Waals surface area contributed by atoms with Gasteiger partial charge in [-0.1, -0.05) is 24.3 Å². The average molecular weight is 301 g/mol. The topological polar surface area (TPSA) is 70.6 Å².